The number of esters is 2. The Labute approximate surface area is 160 Å². The third-order valence-corrected chi connectivity index (χ3v) is 3.80. The predicted octanol–water partition coefficient (Wildman–Crippen LogP) is 3.05. The molecule has 0 aliphatic carbocycles. The molecule has 1 rings (SSSR count). The van der Waals surface area contributed by atoms with Crippen molar-refractivity contribution < 1.29 is 32.6 Å². The van der Waals surface area contributed by atoms with Crippen LogP contribution in [0.15, 0.2) is 12.1 Å². The maximum atomic E-state index is 14.2. The number of alkyl halides is 1. The van der Waals surface area contributed by atoms with Gasteiger partial charge >= 0.3 is 18.0 Å². The van der Waals surface area contributed by atoms with Crippen LogP contribution in [0, 0.1) is 5.82 Å². The molecule has 0 bridgehead atoms. The summed E-state index contributed by atoms with van der Waals surface area (Å²) in [7, 11) is 4.29. The van der Waals surface area contributed by atoms with Crippen LogP contribution in [-0.2, 0) is 14.3 Å². The van der Waals surface area contributed by atoms with Crippen molar-refractivity contribution >= 4 is 35.3 Å². The third kappa shape index (κ3) is 5.78. The average Bonchev–Trinajstić information content (AvgIpc) is 2.62. The van der Waals surface area contributed by atoms with Gasteiger partial charge in [-0.05, 0) is 18.6 Å². The molecule has 1 unspecified atom stereocenters. The lowest BCUT2D eigenvalue weighted by Crippen LogP contribution is -2.37. The summed E-state index contributed by atoms with van der Waals surface area (Å²) in [5, 5.41) is -0.251. The van der Waals surface area contributed by atoms with Gasteiger partial charge in [0, 0.05) is 21.1 Å². The molecule has 0 aromatic heterocycles. The summed E-state index contributed by atoms with van der Waals surface area (Å²) in [5.41, 5.74) is -0.429. The van der Waals surface area contributed by atoms with E-state index in [2.05, 4.69) is 4.74 Å². The standard InChI is InChI=1S/C17H21ClF2N2O5/c1-5-14(16(24)26-7-6-19)27-15(23)10-8-13(12(20)9-11(10)18)22(4)17(25)21(2)3/h8-9,14H,5-7H2,1-4H3. The molecule has 0 saturated heterocycles. The van der Waals surface area contributed by atoms with Crippen LogP contribution in [0.4, 0.5) is 19.3 Å². The Bertz CT molecular complexity index is 715. The number of anilines is 1. The number of carbonyl (C=O) groups is 3. The number of carbonyl (C=O) groups excluding carboxylic acids is 3. The number of urea groups is 1. The zero-order valence-electron chi connectivity index (χ0n) is 15.4. The molecule has 7 nitrogen and oxygen atoms in total. The van der Waals surface area contributed by atoms with E-state index in [0.29, 0.717) is 0 Å². The molecule has 0 N–H and O–H groups in total. The number of ether oxygens (including phenoxy) is 2. The summed E-state index contributed by atoms with van der Waals surface area (Å²) in [4.78, 5) is 38.4. The average molecular weight is 407 g/mol. The fourth-order valence-electron chi connectivity index (χ4n) is 2.08. The molecule has 1 aromatic rings. The lowest BCUT2D eigenvalue weighted by atomic mass is 10.1. The van der Waals surface area contributed by atoms with Crippen LogP contribution in [0.1, 0.15) is 23.7 Å². The second kappa shape index (κ2) is 10.1. The molecule has 150 valence electrons. The van der Waals surface area contributed by atoms with Crippen LogP contribution in [0.25, 0.3) is 0 Å². The van der Waals surface area contributed by atoms with Crippen molar-refractivity contribution in [2.75, 3.05) is 39.3 Å². The fourth-order valence-corrected chi connectivity index (χ4v) is 2.30. The summed E-state index contributed by atoms with van der Waals surface area (Å²) in [6.45, 7) is 0.247. The molecule has 0 fully saturated rings. The smallest absolute Gasteiger partial charge is 0.347 e. The van der Waals surface area contributed by atoms with Gasteiger partial charge in [0.1, 0.15) is 19.1 Å². The van der Waals surface area contributed by atoms with Crippen molar-refractivity contribution in [3.63, 3.8) is 0 Å². The van der Waals surface area contributed by atoms with Gasteiger partial charge in [-0.3, -0.25) is 4.90 Å². The maximum Gasteiger partial charge on any atom is 0.347 e. The van der Waals surface area contributed by atoms with Crippen molar-refractivity contribution in [3.05, 3.63) is 28.5 Å². The van der Waals surface area contributed by atoms with E-state index in [-0.39, 0.29) is 22.7 Å². The van der Waals surface area contributed by atoms with Gasteiger partial charge in [0.25, 0.3) is 0 Å². The Balaban J connectivity index is 3.11. The van der Waals surface area contributed by atoms with E-state index in [1.807, 2.05) is 0 Å². The number of hydrogen-bond acceptors (Lipinski definition) is 5. The minimum absolute atomic E-state index is 0.0849. The molecule has 0 aliphatic heterocycles. The van der Waals surface area contributed by atoms with Crippen molar-refractivity contribution in [2.45, 2.75) is 19.4 Å². The largest absolute Gasteiger partial charge is 0.460 e. The van der Waals surface area contributed by atoms with Gasteiger partial charge in [0.15, 0.2) is 6.10 Å². The fraction of sp³-hybridized carbons (Fsp3) is 0.471. The first-order chi connectivity index (χ1) is 12.6. The zero-order chi connectivity index (χ0) is 20.7. The molecule has 0 spiro atoms. The molecular weight excluding hydrogens is 386 g/mol. The van der Waals surface area contributed by atoms with Gasteiger partial charge in [0.05, 0.1) is 16.3 Å². The number of hydrogen-bond donors (Lipinski definition) is 0. The van der Waals surface area contributed by atoms with Gasteiger partial charge in [-0.15, -0.1) is 0 Å². The Morgan fingerprint density at radius 3 is 2.37 bits per heavy atom. The first-order valence-electron chi connectivity index (χ1n) is 8.01. The minimum Gasteiger partial charge on any atom is -0.460 e. The molecule has 0 radical (unpaired) electrons. The van der Waals surface area contributed by atoms with Gasteiger partial charge in [-0.1, -0.05) is 18.5 Å². The highest BCUT2D eigenvalue weighted by Crippen LogP contribution is 2.28. The number of nitrogens with zero attached hydrogens (tertiary/aromatic N) is 2. The van der Waals surface area contributed by atoms with E-state index < -0.39 is 43.2 Å². The number of amides is 2. The van der Waals surface area contributed by atoms with Crippen LogP contribution in [0.2, 0.25) is 5.02 Å². The van der Waals surface area contributed by atoms with Crippen molar-refractivity contribution in [1.82, 2.24) is 4.90 Å². The first-order valence-corrected chi connectivity index (χ1v) is 8.39. The number of benzene rings is 1. The summed E-state index contributed by atoms with van der Waals surface area (Å²) in [6, 6.07) is 1.40. The van der Waals surface area contributed by atoms with Crippen LogP contribution >= 0.6 is 11.6 Å². The lowest BCUT2D eigenvalue weighted by Gasteiger charge is -2.23. The molecule has 0 aliphatic rings. The molecule has 0 saturated carbocycles. The van der Waals surface area contributed by atoms with Crippen molar-refractivity contribution in [2.24, 2.45) is 0 Å². The highest BCUT2D eigenvalue weighted by molar-refractivity contribution is 6.33. The highest BCUT2D eigenvalue weighted by Gasteiger charge is 2.27. The van der Waals surface area contributed by atoms with Crippen molar-refractivity contribution in [3.8, 4) is 0 Å². The van der Waals surface area contributed by atoms with Gasteiger partial charge < -0.3 is 14.4 Å². The van der Waals surface area contributed by atoms with Gasteiger partial charge in [0.2, 0.25) is 0 Å². The molecule has 1 atom stereocenters. The predicted molar refractivity (Wildman–Crippen MR) is 95.3 cm³/mol. The van der Waals surface area contributed by atoms with Crippen LogP contribution in [0.3, 0.4) is 0 Å². The molecule has 2 amide bonds. The third-order valence-electron chi connectivity index (χ3n) is 3.49. The minimum atomic E-state index is -1.27. The second-order valence-electron chi connectivity index (χ2n) is 5.68. The summed E-state index contributed by atoms with van der Waals surface area (Å²) in [6.07, 6.45) is -1.18. The maximum absolute atomic E-state index is 14.2. The van der Waals surface area contributed by atoms with E-state index >= 15 is 0 Å². The highest BCUT2D eigenvalue weighted by atomic mass is 35.5. The van der Waals surface area contributed by atoms with Crippen LogP contribution < -0.4 is 4.90 Å². The van der Waals surface area contributed by atoms with Crippen LogP contribution in [0.5, 0.6) is 0 Å². The van der Waals surface area contributed by atoms with Crippen LogP contribution in [-0.4, -0.2) is 63.4 Å². The van der Waals surface area contributed by atoms with E-state index in [0.717, 1.165) is 17.0 Å². The molecule has 27 heavy (non-hydrogen) atoms. The van der Waals surface area contributed by atoms with E-state index in [1.165, 1.54) is 26.0 Å². The topological polar surface area (TPSA) is 76.2 Å². The second-order valence-corrected chi connectivity index (χ2v) is 6.09. The van der Waals surface area contributed by atoms with Crippen molar-refractivity contribution in [1.29, 1.82) is 0 Å². The zero-order valence-corrected chi connectivity index (χ0v) is 16.2. The Hall–Kier alpha value is -2.42. The number of rotatable bonds is 7. The lowest BCUT2D eigenvalue weighted by molar-refractivity contribution is -0.154. The summed E-state index contributed by atoms with van der Waals surface area (Å²) >= 11 is 5.91. The normalized spacial score (nSPS) is 11.5. The molecule has 1 aromatic carbocycles. The molecule has 0 heterocycles. The summed E-state index contributed by atoms with van der Waals surface area (Å²) in [5.74, 6) is -2.72. The van der Waals surface area contributed by atoms with E-state index in [1.54, 1.807) is 6.92 Å². The molecule has 10 heteroatoms. The van der Waals surface area contributed by atoms with Gasteiger partial charge in [-0.2, -0.15) is 0 Å². The quantitative estimate of drug-likeness (QED) is 0.650. The molecular formula is C17H21ClF2N2O5. The Morgan fingerprint density at radius 1 is 1.22 bits per heavy atom. The SMILES string of the molecule is CCC(OC(=O)c1cc(N(C)C(=O)N(C)C)c(F)cc1Cl)C(=O)OCCF. The Morgan fingerprint density at radius 2 is 1.85 bits per heavy atom. The Kier molecular flexibility index (Phi) is 8.42. The van der Waals surface area contributed by atoms with E-state index in [9.17, 15) is 23.2 Å². The number of halogens is 3. The summed E-state index contributed by atoms with van der Waals surface area (Å²) < 4.78 is 36.0. The van der Waals surface area contributed by atoms with Gasteiger partial charge in [-0.25, -0.2) is 23.2 Å². The first kappa shape index (κ1) is 22.6. The monoisotopic (exact) mass is 406 g/mol. The van der Waals surface area contributed by atoms with E-state index in [4.69, 9.17) is 16.3 Å².